The fourth-order valence-corrected chi connectivity index (χ4v) is 3.37. The Morgan fingerprint density at radius 2 is 1.93 bits per heavy atom. The van der Waals surface area contributed by atoms with Crippen LogP contribution in [-0.2, 0) is 20.9 Å². The first-order valence-electron chi connectivity index (χ1n) is 8.97. The van der Waals surface area contributed by atoms with Crippen LogP contribution in [0.2, 0.25) is 0 Å². The van der Waals surface area contributed by atoms with E-state index in [0.717, 1.165) is 11.1 Å². The zero-order chi connectivity index (χ0) is 20.1. The molecule has 0 unspecified atom stereocenters. The zero-order valence-corrected chi connectivity index (χ0v) is 16.2. The van der Waals surface area contributed by atoms with Gasteiger partial charge in [-0.15, -0.1) is 0 Å². The molecule has 7 heteroatoms. The summed E-state index contributed by atoms with van der Waals surface area (Å²) in [7, 11) is 4.71. The summed E-state index contributed by atoms with van der Waals surface area (Å²) < 4.78 is 16.3. The molecule has 0 spiro atoms. The third-order valence-electron chi connectivity index (χ3n) is 4.81. The van der Waals surface area contributed by atoms with Crippen LogP contribution in [-0.4, -0.2) is 50.7 Å². The van der Waals surface area contributed by atoms with Crippen LogP contribution in [0.15, 0.2) is 48.5 Å². The molecule has 0 aromatic heterocycles. The minimum absolute atomic E-state index is 0.153. The van der Waals surface area contributed by atoms with Crippen molar-refractivity contribution in [3.05, 3.63) is 59.7 Å². The standard InChI is InChI=1S/C21H24N2O5/c1-22-21(25)20-19(14-7-5-4-6-8-14)23(18(24)13-28-20)12-15-9-10-16(26-2)11-17(15)27-3/h4-11,19-20H,12-13H2,1-3H3,(H,22,25)/t19-,20+/m0/s1. The monoisotopic (exact) mass is 384 g/mol. The summed E-state index contributed by atoms with van der Waals surface area (Å²) in [6.45, 7) is 0.127. The van der Waals surface area contributed by atoms with Gasteiger partial charge >= 0.3 is 0 Å². The Bertz CT molecular complexity index is 840. The first kappa shape index (κ1) is 19.7. The van der Waals surface area contributed by atoms with Gasteiger partial charge in [0.25, 0.3) is 5.91 Å². The topological polar surface area (TPSA) is 77.1 Å². The number of morpholine rings is 1. The van der Waals surface area contributed by atoms with E-state index >= 15 is 0 Å². The van der Waals surface area contributed by atoms with E-state index in [-0.39, 0.29) is 25.0 Å². The smallest absolute Gasteiger partial charge is 0.251 e. The van der Waals surface area contributed by atoms with Crippen LogP contribution < -0.4 is 14.8 Å². The van der Waals surface area contributed by atoms with Gasteiger partial charge in [0.1, 0.15) is 18.1 Å². The van der Waals surface area contributed by atoms with Crippen molar-refractivity contribution >= 4 is 11.8 Å². The Labute approximate surface area is 164 Å². The van der Waals surface area contributed by atoms with Crippen LogP contribution in [0.25, 0.3) is 0 Å². The molecule has 1 N–H and O–H groups in total. The lowest BCUT2D eigenvalue weighted by molar-refractivity contribution is -0.165. The van der Waals surface area contributed by atoms with Gasteiger partial charge in [0.2, 0.25) is 5.91 Å². The van der Waals surface area contributed by atoms with E-state index in [1.54, 1.807) is 32.2 Å². The average molecular weight is 384 g/mol. The number of amides is 2. The molecule has 0 aliphatic carbocycles. The number of likely N-dealkylation sites (N-methyl/N-ethyl adjacent to an activating group) is 1. The minimum atomic E-state index is -0.797. The van der Waals surface area contributed by atoms with Gasteiger partial charge in [-0.3, -0.25) is 9.59 Å². The first-order valence-corrected chi connectivity index (χ1v) is 8.97. The van der Waals surface area contributed by atoms with Gasteiger partial charge in [-0.25, -0.2) is 0 Å². The van der Waals surface area contributed by atoms with Gasteiger partial charge in [0, 0.05) is 18.7 Å². The van der Waals surface area contributed by atoms with Gasteiger partial charge in [-0.05, 0) is 17.7 Å². The maximum atomic E-state index is 12.8. The van der Waals surface area contributed by atoms with E-state index in [9.17, 15) is 9.59 Å². The first-order chi connectivity index (χ1) is 13.6. The third kappa shape index (κ3) is 3.94. The zero-order valence-electron chi connectivity index (χ0n) is 16.2. The van der Waals surface area contributed by atoms with Gasteiger partial charge in [0.05, 0.1) is 26.8 Å². The van der Waals surface area contributed by atoms with Gasteiger partial charge in [-0.1, -0.05) is 30.3 Å². The number of benzene rings is 2. The van der Waals surface area contributed by atoms with Crippen LogP contribution in [0.4, 0.5) is 0 Å². The van der Waals surface area contributed by atoms with Crippen molar-refractivity contribution in [1.29, 1.82) is 0 Å². The number of methoxy groups -OCH3 is 2. The second-order valence-corrected chi connectivity index (χ2v) is 6.40. The molecule has 0 bridgehead atoms. The molecule has 148 valence electrons. The normalized spacial score (nSPS) is 19.2. The quantitative estimate of drug-likeness (QED) is 0.823. The van der Waals surface area contributed by atoms with Crippen molar-refractivity contribution in [1.82, 2.24) is 10.2 Å². The second-order valence-electron chi connectivity index (χ2n) is 6.40. The molecule has 2 amide bonds. The van der Waals surface area contributed by atoms with Gasteiger partial charge < -0.3 is 24.4 Å². The summed E-state index contributed by atoms with van der Waals surface area (Å²) in [6.07, 6.45) is -0.797. The lowest BCUT2D eigenvalue weighted by Crippen LogP contribution is -2.53. The maximum Gasteiger partial charge on any atom is 0.251 e. The fourth-order valence-electron chi connectivity index (χ4n) is 3.37. The van der Waals surface area contributed by atoms with Crippen molar-refractivity contribution in [2.45, 2.75) is 18.7 Å². The summed E-state index contributed by atoms with van der Waals surface area (Å²) in [6, 6.07) is 14.3. The highest BCUT2D eigenvalue weighted by Gasteiger charge is 2.41. The van der Waals surface area contributed by atoms with E-state index in [4.69, 9.17) is 14.2 Å². The van der Waals surface area contributed by atoms with E-state index < -0.39 is 12.1 Å². The second kappa shape index (κ2) is 8.75. The Kier molecular flexibility index (Phi) is 6.16. The molecule has 0 saturated carbocycles. The van der Waals surface area contributed by atoms with E-state index in [1.165, 1.54) is 0 Å². The number of hydrogen-bond acceptors (Lipinski definition) is 5. The molecule has 1 aliphatic rings. The number of nitrogens with one attached hydrogen (secondary N) is 1. The SMILES string of the molecule is CNC(=O)[C@@H]1OCC(=O)N(Cc2ccc(OC)cc2OC)[C@H]1c1ccccc1. The third-order valence-corrected chi connectivity index (χ3v) is 4.81. The number of carbonyl (C=O) groups excluding carboxylic acids is 2. The molecule has 0 radical (unpaired) electrons. The van der Waals surface area contributed by atoms with E-state index in [1.807, 2.05) is 42.5 Å². The highest BCUT2D eigenvalue weighted by molar-refractivity contribution is 5.86. The van der Waals surface area contributed by atoms with Gasteiger partial charge in [-0.2, -0.15) is 0 Å². The minimum Gasteiger partial charge on any atom is -0.497 e. The Balaban J connectivity index is 2.00. The molecule has 2 atom stereocenters. The van der Waals surface area contributed by atoms with E-state index in [2.05, 4.69) is 5.32 Å². The van der Waals surface area contributed by atoms with Crippen LogP contribution in [0.3, 0.4) is 0 Å². The molecule has 7 nitrogen and oxygen atoms in total. The molecule has 1 saturated heterocycles. The molecule has 28 heavy (non-hydrogen) atoms. The molecule has 1 heterocycles. The van der Waals surface area contributed by atoms with E-state index in [0.29, 0.717) is 11.5 Å². The summed E-state index contributed by atoms with van der Waals surface area (Å²) in [5.41, 5.74) is 1.65. The predicted octanol–water partition coefficient (Wildman–Crippen LogP) is 1.92. The molecule has 2 aromatic rings. The molecule has 3 rings (SSSR count). The van der Waals surface area contributed by atoms with Crippen molar-refractivity contribution in [2.75, 3.05) is 27.9 Å². The number of carbonyl (C=O) groups is 2. The van der Waals surface area contributed by atoms with Crippen molar-refractivity contribution < 1.29 is 23.8 Å². The van der Waals surface area contributed by atoms with Crippen molar-refractivity contribution in [3.63, 3.8) is 0 Å². The molecule has 1 fully saturated rings. The molecule has 1 aliphatic heterocycles. The number of rotatable bonds is 6. The lowest BCUT2D eigenvalue weighted by Gasteiger charge is -2.40. The Morgan fingerprint density at radius 3 is 2.57 bits per heavy atom. The maximum absolute atomic E-state index is 12.8. The number of nitrogens with zero attached hydrogens (tertiary/aromatic N) is 1. The van der Waals surface area contributed by atoms with Crippen LogP contribution in [0, 0.1) is 0 Å². The number of ether oxygens (including phenoxy) is 3. The number of hydrogen-bond donors (Lipinski definition) is 1. The molecular formula is C21H24N2O5. The Hall–Kier alpha value is -3.06. The fraction of sp³-hybridized carbons (Fsp3) is 0.333. The van der Waals surface area contributed by atoms with Crippen molar-refractivity contribution in [2.24, 2.45) is 0 Å². The van der Waals surface area contributed by atoms with Crippen LogP contribution in [0.5, 0.6) is 11.5 Å². The van der Waals surface area contributed by atoms with Gasteiger partial charge in [0.15, 0.2) is 6.10 Å². The molecule has 2 aromatic carbocycles. The van der Waals surface area contributed by atoms with Crippen LogP contribution >= 0.6 is 0 Å². The molecular weight excluding hydrogens is 360 g/mol. The summed E-state index contributed by atoms with van der Waals surface area (Å²) in [5, 5.41) is 2.63. The predicted molar refractivity (Wildman–Crippen MR) is 103 cm³/mol. The largest absolute Gasteiger partial charge is 0.497 e. The Morgan fingerprint density at radius 1 is 1.18 bits per heavy atom. The summed E-state index contributed by atoms with van der Waals surface area (Å²) in [4.78, 5) is 26.9. The summed E-state index contributed by atoms with van der Waals surface area (Å²) >= 11 is 0. The van der Waals surface area contributed by atoms with Crippen LogP contribution in [0.1, 0.15) is 17.2 Å². The highest BCUT2D eigenvalue weighted by Crippen LogP contribution is 2.34. The highest BCUT2D eigenvalue weighted by atomic mass is 16.5. The lowest BCUT2D eigenvalue weighted by atomic mass is 9.96. The average Bonchev–Trinajstić information content (AvgIpc) is 2.75. The summed E-state index contributed by atoms with van der Waals surface area (Å²) in [5.74, 6) is 0.818. The van der Waals surface area contributed by atoms with Crippen molar-refractivity contribution in [3.8, 4) is 11.5 Å².